The second-order valence-corrected chi connectivity index (χ2v) is 6.78. The van der Waals surface area contributed by atoms with Crippen molar-refractivity contribution in [3.8, 4) is 0 Å². The van der Waals surface area contributed by atoms with Crippen LogP contribution in [0.5, 0.6) is 0 Å². The first-order valence-electron chi connectivity index (χ1n) is 7.57. The number of rotatable bonds is 3. The number of thiocarbonyl (C=S) groups is 1. The van der Waals surface area contributed by atoms with Crippen LogP contribution >= 0.6 is 12.2 Å². The molecule has 1 aliphatic rings. The Hall–Kier alpha value is -1.45. The minimum atomic E-state index is 0.0462. The van der Waals surface area contributed by atoms with E-state index in [-0.39, 0.29) is 5.41 Å². The van der Waals surface area contributed by atoms with E-state index in [0.29, 0.717) is 4.99 Å². The number of fused-ring (bicyclic) bond motifs is 1. The monoisotopic (exact) mass is 298 g/mol. The minimum absolute atomic E-state index is 0.0462. The van der Waals surface area contributed by atoms with Crippen LogP contribution in [0, 0.1) is 5.41 Å². The molecule has 2 aromatic rings. The van der Waals surface area contributed by atoms with Crippen LogP contribution in [0.3, 0.4) is 0 Å². The Morgan fingerprint density at radius 2 is 1.81 bits per heavy atom. The first-order chi connectivity index (χ1) is 10.1. The zero-order valence-electron chi connectivity index (χ0n) is 12.5. The molecule has 0 atom stereocenters. The summed E-state index contributed by atoms with van der Waals surface area (Å²) >= 11 is 5.22. The summed E-state index contributed by atoms with van der Waals surface area (Å²) in [4.78, 5) is 3.19. The third-order valence-electron chi connectivity index (χ3n) is 4.83. The standard InChI is InChI=1S/C18H22N2S/c1-18(17(19)21)9-11-20(12-10-18)13-15-7-4-6-14-5-2-3-8-16(14)15/h2-8H,9-13H2,1H3,(H2,19,21). The van der Waals surface area contributed by atoms with E-state index in [1.807, 2.05) is 0 Å². The SMILES string of the molecule is CC1(C(N)=S)CCN(Cc2cccc3ccccc23)CC1. The number of benzene rings is 2. The summed E-state index contributed by atoms with van der Waals surface area (Å²) < 4.78 is 0. The predicted molar refractivity (Wildman–Crippen MR) is 93.4 cm³/mol. The number of likely N-dealkylation sites (tertiary alicyclic amines) is 1. The highest BCUT2D eigenvalue weighted by atomic mass is 32.1. The normalized spacial score (nSPS) is 18.7. The molecule has 2 aromatic carbocycles. The molecule has 0 saturated carbocycles. The maximum Gasteiger partial charge on any atom is 0.0788 e. The Morgan fingerprint density at radius 1 is 1.14 bits per heavy atom. The van der Waals surface area contributed by atoms with Crippen LogP contribution in [-0.4, -0.2) is 23.0 Å². The Bertz CT molecular complexity index is 652. The van der Waals surface area contributed by atoms with Crippen molar-refractivity contribution >= 4 is 28.0 Å². The fraction of sp³-hybridized carbons (Fsp3) is 0.389. The molecule has 21 heavy (non-hydrogen) atoms. The van der Waals surface area contributed by atoms with E-state index < -0.39 is 0 Å². The van der Waals surface area contributed by atoms with E-state index in [4.69, 9.17) is 18.0 Å². The molecule has 0 bridgehead atoms. The molecule has 2 nitrogen and oxygen atoms in total. The third-order valence-corrected chi connectivity index (χ3v) is 5.32. The first kappa shape index (κ1) is 14.5. The molecule has 0 aliphatic carbocycles. The molecule has 1 heterocycles. The van der Waals surface area contributed by atoms with Crippen molar-refractivity contribution in [1.29, 1.82) is 0 Å². The molecule has 0 spiro atoms. The van der Waals surface area contributed by atoms with Gasteiger partial charge in [-0.1, -0.05) is 61.6 Å². The minimum Gasteiger partial charge on any atom is -0.393 e. The van der Waals surface area contributed by atoms with Gasteiger partial charge >= 0.3 is 0 Å². The van der Waals surface area contributed by atoms with Crippen LogP contribution in [0.2, 0.25) is 0 Å². The van der Waals surface area contributed by atoms with E-state index >= 15 is 0 Å². The highest BCUT2D eigenvalue weighted by Crippen LogP contribution is 2.32. The van der Waals surface area contributed by atoms with Gasteiger partial charge in [-0.3, -0.25) is 4.90 Å². The molecular weight excluding hydrogens is 276 g/mol. The maximum atomic E-state index is 5.89. The molecule has 1 saturated heterocycles. The van der Waals surface area contributed by atoms with Crippen LogP contribution in [-0.2, 0) is 6.54 Å². The molecule has 0 radical (unpaired) electrons. The van der Waals surface area contributed by atoms with Gasteiger partial charge < -0.3 is 5.73 Å². The number of hydrogen-bond acceptors (Lipinski definition) is 2. The average molecular weight is 298 g/mol. The first-order valence-corrected chi connectivity index (χ1v) is 7.98. The zero-order chi connectivity index (χ0) is 14.9. The number of nitrogens with two attached hydrogens (primary N) is 1. The molecule has 0 amide bonds. The fourth-order valence-corrected chi connectivity index (χ4v) is 3.33. The molecule has 2 N–H and O–H groups in total. The molecular formula is C18H22N2S. The van der Waals surface area contributed by atoms with Gasteiger partial charge in [-0.15, -0.1) is 0 Å². The van der Waals surface area contributed by atoms with E-state index in [9.17, 15) is 0 Å². The van der Waals surface area contributed by atoms with Gasteiger partial charge in [-0.25, -0.2) is 0 Å². The van der Waals surface area contributed by atoms with Crippen LogP contribution in [0.15, 0.2) is 42.5 Å². The number of piperidine rings is 1. The van der Waals surface area contributed by atoms with Gasteiger partial charge in [0.1, 0.15) is 0 Å². The van der Waals surface area contributed by atoms with Crippen molar-refractivity contribution in [2.45, 2.75) is 26.3 Å². The lowest BCUT2D eigenvalue weighted by atomic mass is 9.80. The Labute approximate surface area is 131 Å². The molecule has 3 heteroatoms. The van der Waals surface area contributed by atoms with Gasteiger partial charge in [0, 0.05) is 12.0 Å². The van der Waals surface area contributed by atoms with Crippen molar-refractivity contribution in [1.82, 2.24) is 4.90 Å². The van der Waals surface area contributed by atoms with Gasteiger partial charge in [-0.05, 0) is 42.3 Å². The van der Waals surface area contributed by atoms with Crippen molar-refractivity contribution in [3.63, 3.8) is 0 Å². The summed E-state index contributed by atoms with van der Waals surface area (Å²) in [5.74, 6) is 0. The average Bonchev–Trinajstić information content (AvgIpc) is 2.50. The summed E-state index contributed by atoms with van der Waals surface area (Å²) in [6, 6.07) is 15.2. The van der Waals surface area contributed by atoms with Crippen molar-refractivity contribution in [2.24, 2.45) is 11.1 Å². The summed E-state index contributed by atoms with van der Waals surface area (Å²) in [5, 5.41) is 2.68. The van der Waals surface area contributed by atoms with Crippen LogP contribution in [0.25, 0.3) is 10.8 Å². The highest BCUT2D eigenvalue weighted by Gasteiger charge is 2.32. The molecule has 3 rings (SSSR count). The molecule has 1 fully saturated rings. The lowest BCUT2D eigenvalue weighted by molar-refractivity contribution is 0.158. The van der Waals surface area contributed by atoms with Crippen LogP contribution < -0.4 is 5.73 Å². The highest BCUT2D eigenvalue weighted by molar-refractivity contribution is 7.80. The second kappa shape index (κ2) is 5.74. The number of hydrogen-bond donors (Lipinski definition) is 1. The molecule has 0 unspecified atom stereocenters. The van der Waals surface area contributed by atoms with Crippen molar-refractivity contribution in [3.05, 3.63) is 48.0 Å². The maximum absolute atomic E-state index is 5.89. The largest absolute Gasteiger partial charge is 0.393 e. The Kier molecular flexibility index (Phi) is 3.96. The van der Waals surface area contributed by atoms with Crippen molar-refractivity contribution in [2.75, 3.05) is 13.1 Å². The summed E-state index contributed by atoms with van der Waals surface area (Å²) in [6.07, 6.45) is 2.13. The van der Waals surface area contributed by atoms with Crippen molar-refractivity contribution < 1.29 is 0 Å². The van der Waals surface area contributed by atoms with E-state index in [1.54, 1.807) is 0 Å². The van der Waals surface area contributed by atoms with E-state index in [1.165, 1.54) is 16.3 Å². The second-order valence-electron chi connectivity index (χ2n) is 6.34. The summed E-state index contributed by atoms with van der Waals surface area (Å²) in [6.45, 7) is 5.34. The quantitative estimate of drug-likeness (QED) is 0.876. The summed E-state index contributed by atoms with van der Waals surface area (Å²) in [5.41, 5.74) is 7.34. The lowest BCUT2D eigenvalue weighted by Gasteiger charge is -2.38. The van der Waals surface area contributed by atoms with Crippen LogP contribution in [0.4, 0.5) is 0 Å². The van der Waals surface area contributed by atoms with E-state index in [0.717, 1.165) is 32.5 Å². The lowest BCUT2D eigenvalue weighted by Crippen LogP contribution is -2.44. The third kappa shape index (κ3) is 2.94. The molecule has 110 valence electrons. The van der Waals surface area contributed by atoms with Gasteiger partial charge in [0.2, 0.25) is 0 Å². The Balaban J connectivity index is 1.74. The number of nitrogens with zero attached hydrogens (tertiary/aromatic N) is 1. The smallest absolute Gasteiger partial charge is 0.0788 e. The van der Waals surface area contributed by atoms with Gasteiger partial charge in [0.05, 0.1) is 4.99 Å². The van der Waals surface area contributed by atoms with Gasteiger partial charge in [-0.2, -0.15) is 0 Å². The molecule has 1 aliphatic heterocycles. The fourth-order valence-electron chi connectivity index (χ4n) is 3.12. The van der Waals surface area contributed by atoms with Crippen LogP contribution in [0.1, 0.15) is 25.3 Å². The van der Waals surface area contributed by atoms with E-state index in [2.05, 4.69) is 54.3 Å². The van der Waals surface area contributed by atoms with Gasteiger partial charge in [0.15, 0.2) is 0 Å². The van der Waals surface area contributed by atoms with Gasteiger partial charge in [0.25, 0.3) is 0 Å². The predicted octanol–water partition coefficient (Wildman–Crippen LogP) is 3.73. The molecule has 0 aromatic heterocycles. The zero-order valence-corrected chi connectivity index (χ0v) is 13.3. The summed E-state index contributed by atoms with van der Waals surface area (Å²) in [7, 11) is 0. The topological polar surface area (TPSA) is 29.3 Å². The Morgan fingerprint density at radius 3 is 2.52 bits per heavy atom.